The maximum atomic E-state index is 9.26. The number of carbonyl (C=O) groups is 1. The first-order chi connectivity index (χ1) is 5.08. The molecule has 0 spiro atoms. The molecule has 0 aromatic rings. The second-order valence-corrected chi connectivity index (χ2v) is 17.0. The van der Waals surface area contributed by atoms with Crippen molar-refractivity contribution in [2.45, 2.75) is 39.6 Å². The summed E-state index contributed by atoms with van der Waals surface area (Å²) in [5.41, 5.74) is 0. The Hall–Kier alpha value is 0.812. The van der Waals surface area contributed by atoms with Crippen LogP contribution >= 0.6 is 0 Å². The van der Waals surface area contributed by atoms with Crippen LogP contribution in [0.3, 0.4) is 0 Å². The van der Waals surface area contributed by atoms with Gasteiger partial charge in [-0.3, -0.25) is 0 Å². The van der Waals surface area contributed by atoms with Crippen molar-refractivity contribution in [2.75, 3.05) is 0 Å². The maximum absolute atomic E-state index is 9.26. The fourth-order valence-electron chi connectivity index (χ4n) is 0.750. The molecule has 0 aromatic carbocycles. The average molecular weight is 369 g/mol. The van der Waals surface area contributed by atoms with Crippen LogP contribution in [0, 0.1) is 0 Å². The van der Waals surface area contributed by atoms with Gasteiger partial charge < -0.3 is 17.4 Å². The minimum atomic E-state index is -0.789. The molecule has 0 unspecified atom stereocenters. The van der Waals surface area contributed by atoms with Crippen molar-refractivity contribution in [2.24, 2.45) is 0 Å². The molecular weight excluding hydrogens is 351 g/mol. The van der Waals surface area contributed by atoms with E-state index >= 15 is 0 Å². The normalized spacial score (nSPS) is 8.82. The number of hydrogen-bond acceptors (Lipinski definition) is 2. The van der Waals surface area contributed by atoms with Crippen molar-refractivity contribution in [3.8, 4) is 0 Å². The standard InChI is InChI=1S/C2H4OS.3C2H5.Pb/c1-2(3)4;3*1-2;/h1H3,(H,3,4);3*1H2,2H3;/p-1. The first kappa shape index (κ1) is 14.3. The van der Waals surface area contributed by atoms with Crippen molar-refractivity contribution in [3.63, 3.8) is 0 Å². The predicted molar refractivity (Wildman–Crippen MR) is 55.2 cm³/mol. The molecule has 0 aromatic heterocycles. The van der Waals surface area contributed by atoms with Gasteiger partial charge in [0.15, 0.2) is 0 Å². The topological polar surface area (TPSA) is 17.1 Å². The van der Waals surface area contributed by atoms with Crippen LogP contribution < -0.4 is 0 Å². The Morgan fingerprint density at radius 2 is 1.36 bits per heavy atom. The SMILES string of the molecule is CC(=O)[S-].C[CH2][Pb]([CH2]C)[CH2]C. The van der Waals surface area contributed by atoms with E-state index in [1.165, 1.54) is 6.92 Å². The quantitative estimate of drug-likeness (QED) is 0.562. The van der Waals surface area contributed by atoms with Gasteiger partial charge in [0, 0.05) is 5.12 Å². The van der Waals surface area contributed by atoms with Crippen LogP contribution in [0.1, 0.15) is 27.7 Å². The number of rotatable bonds is 3. The molecule has 0 N–H and O–H groups in total. The third kappa shape index (κ3) is 18.1. The van der Waals surface area contributed by atoms with Gasteiger partial charge in [0.1, 0.15) is 0 Å². The minimum absolute atomic E-state index is 0.250. The Bertz CT molecular complexity index is 82.6. The van der Waals surface area contributed by atoms with E-state index in [1.54, 1.807) is 11.9 Å². The molecule has 0 rings (SSSR count). The molecule has 0 aliphatic carbocycles. The fraction of sp³-hybridized carbons (Fsp3) is 0.875. The third-order valence-electron chi connectivity index (χ3n) is 1.50. The van der Waals surface area contributed by atoms with E-state index in [1.807, 2.05) is 0 Å². The second-order valence-electron chi connectivity index (χ2n) is 2.30. The van der Waals surface area contributed by atoms with Crippen LogP contribution in [0.25, 0.3) is 0 Å². The van der Waals surface area contributed by atoms with E-state index < -0.39 is 22.7 Å². The van der Waals surface area contributed by atoms with Crippen molar-refractivity contribution in [3.05, 3.63) is 0 Å². The summed E-state index contributed by atoms with van der Waals surface area (Å²) in [6.45, 7) is 8.41. The van der Waals surface area contributed by atoms with E-state index in [9.17, 15) is 4.79 Å². The molecule has 0 atom stereocenters. The van der Waals surface area contributed by atoms with Gasteiger partial charge in [0.25, 0.3) is 0 Å². The Morgan fingerprint density at radius 1 is 1.18 bits per heavy atom. The van der Waals surface area contributed by atoms with Crippen LogP contribution in [-0.4, -0.2) is 27.8 Å². The Balaban J connectivity index is 0. The van der Waals surface area contributed by atoms with Gasteiger partial charge in [-0.05, 0) is 6.92 Å². The summed E-state index contributed by atoms with van der Waals surface area (Å²) < 4.78 is 4.70. The molecule has 0 fully saturated rings. The molecule has 0 heterocycles. The van der Waals surface area contributed by atoms with Gasteiger partial charge >= 0.3 is 55.4 Å². The molecule has 0 saturated carbocycles. The van der Waals surface area contributed by atoms with E-state index in [2.05, 4.69) is 33.4 Å². The molecule has 3 heteroatoms. The van der Waals surface area contributed by atoms with Gasteiger partial charge in [-0.2, -0.15) is 0 Å². The third-order valence-corrected chi connectivity index (χ3v) is 13.2. The second kappa shape index (κ2) is 10.8. The van der Waals surface area contributed by atoms with E-state index in [4.69, 9.17) is 0 Å². The average Bonchev–Trinajstić information content (AvgIpc) is 1.90. The first-order valence-corrected chi connectivity index (χ1v) is 12.7. The summed E-state index contributed by atoms with van der Waals surface area (Å²) in [5.74, 6) is 0. The molecule has 0 amide bonds. The molecular formula is C8H18OPbS-. The summed E-state index contributed by atoms with van der Waals surface area (Å²) in [5, 5.41) is -0.250. The van der Waals surface area contributed by atoms with Crippen molar-refractivity contribution in [1.29, 1.82) is 0 Å². The molecule has 1 radical (unpaired) electrons. The van der Waals surface area contributed by atoms with Gasteiger partial charge in [0.05, 0.1) is 0 Å². The molecule has 0 aliphatic rings. The van der Waals surface area contributed by atoms with Crippen molar-refractivity contribution in [1.82, 2.24) is 0 Å². The summed E-state index contributed by atoms with van der Waals surface area (Å²) in [6, 6.07) is 0. The zero-order chi connectivity index (χ0) is 9.28. The Morgan fingerprint density at radius 3 is 1.36 bits per heavy atom. The van der Waals surface area contributed by atoms with Crippen molar-refractivity contribution < 1.29 is 4.79 Å². The van der Waals surface area contributed by atoms with Crippen LogP contribution in [0.2, 0.25) is 11.9 Å². The zero-order valence-electron chi connectivity index (χ0n) is 7.94. The monoisotopic (exact) mass is 370 g/mol. The number of carbonyl (C=O) groups excluding carboxylic acids is 1. The summed E-state index contributed by atoms with van der Waals surface area (Å²) in [7, 11) is 0. The Kier molecular flexibility index (Phi) is 14.1. The zero-order valence-corrected chi connectivity index (χ0v) is 12.6. The van der Waals surface area contributed by atoms with E-state index in [0.717, 1.165) is 0 Å². The summed E-state index contributed by atoms with van der Waals surface area (Å²) >= 11 is 3.19. The van der Waals surface area contributed by atoms with Gasteiger partial charge in [0.2, 0.25) is 0 Å². The molecule has 67 valence electrons. The van der Waals surface area contributed by atoms with Crippen molar-refractivity contribution >= 4 is 40.4 Å². The van der Waals surface area contributed by atoms with Crippen LogP contribution in [0.15, 0.2) is 0 Å². The van der Waals surface area contributed by atoms with Gasteiger partial charge in [-0.15, -0.1) is 0 Å². The first-order valence-electron chi connectivity index (χ1n) is 4.09. The summed E-state index contributed by atoms with van der Waals surface area (Å²) in [4.78, 5) is 9.26. The molecule has 0 saturated heterocycles. The molecule has 0 aliphatic heterocycles. The van der Waals surface area contributed by atoms with Crippen LogP contribution in [-0.2, 0) is 17.4 Å². The molecule has 0 bridgehead atoms. The summed E-state index contributed by atoms with van der Waals surface area (Å²) in [6.07, 6.45) is 0. The number of hydrogen-bond donors (Lipinski definition) is 0. The molecule has 11 heavy (non-hydrogen) atoms. The van der Waals surface area contributed by atoms with Crippen LogP contribution in [0.5, 0.6) is 0 Å². The fourth-order valence-corrected chi connectivity index (χ4v) is 6.58. The molecule has 1 nitrogen and oxygen atoms in total. The van der Waals surface area contributed by atoms with E-state index in [-0.39, 0.29) is 5.12 Å². The van der Waals surface area contributed by atoms with E-state index in [0.29, 0.717) is 0 Å². The predicted octanol–water partition coefficient (Wildman–Crippen LogP) is 2.62. The van der Waals surface area contributed by atoms with Gasteiger partial charge in [-0.1, -0.05) is 0 Å². The van der Waals surface area contributed by atoms with Gasteiger partial charge in [-0.25, -0.2) is 0 Å². The van der Waals surface area contributed by atoms with Crippen LogP contribution in [0.4, 0.5) is 0 Å². The Labute approximate surface area is 84.5 Å².